The molecule has 1 amide bonds. The molecule has 4 aromatic rings. The molecule has 0 aliphatic rings. The van der Waals surface area contributed by atoms with Gasteiger partial charge in [-0.2, -0.15) is 4.98 Å². The Morgan fingerprint density at radius 3 is 2.65 bits per heavy atom. The largest absolute Gasteiger partial charge is 0.355 e. The summed E-state index contributed by atoms with van der Waals surface area (Å²) in [6.45, 7) is 0. The number of anilines is 3. The van der Waals surface area contributed by atoms with Crippen LogP contribution in [0.4, 0.5) is 17.5 Å². The molecule has 0 saturated heterocycles. The lowest BCUT2D eigenvalue weighted by Crippen LogP contribution is -2.26. The third kappa shape index (κ3) is 4.74. The minimum absolute atomic E-state index is 0.233. The lowest BCUT2D eigenvalue weighted by molar-refractivity contribution is 0.0964. The van der Waals surface area contributed by atoms with E-state index in [4.69, 9.17) is 0 Å². The maximum Gasteiger partial charge on any atom is 0.253 e. The van der Waals surface area contributed by atoms with Crippen LogP contribution < -0.4 is 14.9 Å². The number of aromatic amines is 1. The van der Waals surface area contributed by atoms with Crippen molar-refractivity contribution in [3.63, 3.8) is 0 Å². The number of benzene rings is 1. The van der Waals surface area contributed by atoms with E-state index in [-0.39, 0.29) is 5.91 Å². The predicted octanol–water partition coefficient (Wildman–Crippen LogP) is 3.02. The number of amides is 1. The summed E-state index contributed by atoms with van der Waals surface area (Å²) in [5.41, 5.74) is 2.84. The molecule has 0 radical (unpaired) electrons. The van der Waals surface area contributed by atoms with Gasteiger partial charge in [-0.05, 0) is 42.5 Å². The highest BCUT2D eigenvalue weighted by Crippen LogP contribution is 2.25. The number of hydrogen-bond donors (Lipinski definition) is 3. The number of sulfonamides is 1. The van der Waals surface area contributed by atoms with Gasteiger partial charge in [0.15, 0.2) is 0 Å². The van der Waals surface area contributed by atoms with Crippen molar-refractivity contribution < 1.29 is 13.2 Å². The van der Waals surface area contributed by atoms with Gasteiger partial charge in [-0.1, -0.05) is 12.1 Å². The van der Waals surface area contributed by atoms with Crippen LogP contribution in [0.3, 0.4) is 0 Å². The van der Waals surface area contributed by atoms with Gasteiger partial charge in [-0.3, -0.25) is 9.10 Å². The first-order chi connectivity index (χ1) is 16.3. The van der Waals surface area contributed by atoms with Gasteiger partial charge in [0.05, 0.1) is 23.2 Å². The third-order valence-corrected chi connectivity index (χ3v) is 6.29. The van der Waals surface area contributed by atoms with Gasteiger partial charge in [0.25, 0.3) is 5.91 Å². The molecule has 0 aliphatic carbocycles. The first-order valence-electron chi connectivity index (χ1n) is 10.3. The molecule has 4 rings (SSSR count). The summed E-state index contributed by atoms with van der Waals surface area (Å²) in [4.78, 5) is 28.6. The second-order valence-electron chi connectivity index (χ2n) is 7.40. The van der Waals surface area contributed by atoms with E-state index in [1.807, 2.05) is 12.1 Å². The summed E-state index contributed by atoms with van der Waals surface area (Å²) in [5, 5.41) is 6.52. The maximum atomic E-state index is 12.2. The number of carbonyl (C=O) groups excluding carboxylic acids is 1. The van der Waals surface area contributed by atoms with Crippen molar-refractivity contribution >= 4 is 56.6 Å². The Morgan fingerprint density at radius 1 is 1.09 bits per heavy atom. The number of H-pyrrole nitrogens is 1. The van der Waals surface area contributed by atoms with Crippen LogP contribution in [0.5, 0.6) is 0 Å². The number of nitrogens with zero attached hydrogens (tertiary/aromatic N) is 4. The fourth-order valence-electron chi connectivity index (χ4n) is 3.32. The van der Waals surface area contributed by atoms with Crippen LogP contribution in [0.2, 0.25) is 0 Å². The summed E-state index contributed by atoms with van der Waals surface area (Å²) in [7, 11) is -0.457. The highest BCUT2D eigenvalue weighted by atomic mass is 32.2. The van der Waals surface area contributed by atoms with Crippen molar-refractivity contribution in [2.24, 2.45) is 0 Å². The van der Waals surface area contributed by atoms with E-state index in [0.29, 0.717) is 39.9 Å². The highest BCUT2D eigenvalue weighted by molar-refractivity contribution is 7.92. The van der Waals surface area contributed by atoms with Crippen LogP contribution in [0.15, 0.2) is 54.9 Å². The summed E-state index contributed by atoms with van der Waals surface area (Å²) in [6.07, 6.45) is 7.93. The lowest BCUT2D eigenvalue weighted by atomic mass is 10.1. The molecule has 0 aliphatic heterocycles. The zero-order valence-corrected chi connectivity index (χ0v) is 19.6. The third-order valence-electron chi connectivity index (χ3n) is 5.12. The fraction of sp³-hybridized carbons (Fsp3) is 0.130. The molecule has 11 heteroatoms. The molecular weight excluding hydrogens is 454 g/mol. The zero-order valence-electron chi connectivity index (χ0n) is 18.8. The zero-order chi connectivity index (χ0) is 24.3. The lowest BCUT2D eigenvalue weighted by Gasteiger charge is -2.17. The summed E-state index contributed by atoms with van der Waals surface area (Å²) in [5.74, 6) is 0.368. The topological polar surface area (TPSA) is 133 Å². The van der Waals surface area contributed by atoms with Gasteiger partial charge >= 0.3 is 0 Å². The molecular formula is C23H23N7O3S. The fourth-order valence-corrected chi connectivity index (χ4v) is 3.79. The van der Waals surface area contributed by atoms with Crippen LogP contribution in [-0.4, -0.2) is 54.6 Å². The van der Waals surface area contributed by atoms with Crippen molar-refractivity contribution in [3.8, 4) is 0 Å². The molecule has 0 spiro atoms. The number of nitrogens with one attached hydrogen (secondary N) is 3. The highest BCUT2D eigenvalue weighted by Gasteiger charge is 2.16. The summed E-state index contributed by atoms with van der Waals surface area (Å²) in [6, 6.07) is 12.4. The van der Waals surface area contributed by atoms with Crippen LogP contribution in [0.1, 0.15) is 21.6 Å². The Labute approximate surface area is 196 Å². The van der Waals surface area contributed by atoms with E-state index in [0.717, 1.165) is 15.9 Å². The molecule has 10 nitrogen and oxygen atoms in total. The Morgan fingerprint density at radius 2 is 1.88 bits per heavy atom. The van der Waals surface area contributed by atoms with Gasteiger partial charge in [0, 0.05) is 37.4 Å². The monoisotopic (exact) mass is 477 g/mol. The Kier molecular flexibility index (Phi) is 6.28. The molecule has 0 atom stereocenters. The minimum Gasteiger partial charge on any atom is -0.355 e. The molecule has 3 aromatic heterocycles. The number of para-hydroxylation sites is 1. The molecule has 3 heterocycles. The first kappa shape index (κ1) is 22.9. The van der Waals surface area contributed by atoms with Gasteiger partial charge < -0.3 is 15.6 Å². The molecule has 34 heavy (non-hydrogen) atoms. The van der Waals surface area contributed by atoms with E-state index < -0.39 is 10.0 Å². The predicted molar refractivity (Wildman–Crippen MR) is 133 cm³/mol. The minimum atomic E-state index is -3.48. The van der Waals surface area contributed by atoms with Crippen LogP contribution in [0.25, 0.3) is 23.2 Å². The standard InChI is InChI=1S/C23H23N7O3S/c1-24-22(31)17-8-4-5-9-18(17)27-23-28-19(16-12-14-25-20(16)29-23)11-10-15-7-6-13-26-21(15)30(2)34(3,32)33/h4-14H,1-3H3,(H,24,31)(H2,25,27,28,29)/b11-10+. The maximum absolute atomic E-state index is 12.2. The number of rotatable bonds is 7. The smallest absolute Gasteiger partial charge is 0.253 e. The average molecular weight is 478 g/mol. The van der Waals surface area contributed by atoms with Crippen LogP contribution in [-0.2, 0) is 10.0 Å². The summed E-state index contributed by atoms with van der Waals surface area (Å²) >= 11 is 0. The van der Waals surface area contributed by atoms with Gasteiger partial charge in [0.2, 0.25) is 16.0 Å². The van der Waals surface area contributed by atoms with Gasteiger partial charge in [0.1, 0.15) is 11.5 Å². The Bertz CT molecular complexity index is 1500. The van der Waals surface area contributed by atoms with E-state index >= 15 is 0 Å². The number of pyridine rings is 1. The molecule has 0 saturated carbocycles. The van der Waals surface area contributed by atoms with Crippen molar-refractivity contribution in [2.75, 3.05) is 30.0 Å². The first-order valence-corrected chi connectivity index (χ1v) is 12.1. The van der Waals surface area contributed by atoms with Gasteiger partial charge in [-0.25, -0.2) is 18.4 Å². The molecule has 0 bridgehead atoms. The SMILES string of the molecule is CNC(=O)c1ccccc1Nc1nc(/C=C/c2cccnc2N(C)S(C)(=O)=O)c2cc[nH]c2n1. The second-order valence-corrected chi connectivity index (χ2v) is 9.42. The molecule has 0 unspecified atom stereocenters. The molecule has 1 aromatic carbocycles. The molecule has 3 N–H and O–H groups in total. The number of carbonyl (C=O) groups is 1. The van der Waals surface area contributed by atoms with Crippen LogP contribution >= 0.6 is 0 Å². The van der Waals surface area contributed by atoms with E-state index in [1.165, 1.54) is 13.2 Å². The van der Waals surface area contributed by atoms with Crippen molar-refractivity contribution in [1.82, 2.24) is 25.3 Å². The quantitative estimate of drug-likeness (QED) is 0.373. The van der Waals surface area contributed by atoms with Crippen molar-refractivity contribution in [3.05, 3.63) is 71.7 Å². The molecule has 174 valence electrons. The molecule has 0 fully saturated rings. The normalized spacial score (nSPS) is 11.6. The van der Waals surface area contributed by atoms with E-state index in [2.05, 4.69) is 30.6 Å². The van der Waals surface area contributed by atoms with Crippen LogP contribution in [0, 0.1) is 0 Å². The Balaban J connectivity index is 1.73. The number of hydrogen-bond acceptors (Lipinski definition) is 7. The van der Waals surface area contributed by atoms with E-state index in [9.17, 15) is 13.2 Å². The number of fused-ring (bicyclic) bond motifs is 1. The van der Waals surface area contributed by atoms with Gasteiger partial charge in [-0.15, -0.1) is 0 Å². The number of aromatic nitrogens is 4. The Hall–Kier alpha value is -4.25. The summed E-state index contributed by atoms with van der Waals surface area (Å²) < 4.78 is 25.2. The average Bonchev–Trinajstić information content (AvgIpc) is 3.30. The van der Waals surface area contributed by atoms with Crippen molar-refractivity contribution in [2.45, 2.75) is 0 Å². The second kappa shape index (κ2) is 9.32. The van der Waals surface area contributed by atoms with E-state index in [1.54, 1.807) is 55.7 Å². The van der Waals surface area contributed by atoms with Crippen molar-refractivity contribution in [1.29, 1.82) is 0 Å².